The summed E-state index contributed by atoms with van der Waals surface area (Å²) >= 11 is 0. The maximum absolute atomic E-state index is 10.9. The van der Waals surface area contributed by atoms with Crippen molar-refractivity contribution in [1.82, 2.24) is 0 Å². The molecule has 1 saturated carbocycles. The lowest BCUT2D eigenvalue weighted by Crippen LogP contribution is -2.60. The third kappa shape index (κ3) is 1.64. The first-order valence-corrected chi connectivity index (χ1v) is 6.99. The summed E-state index contributed by atoms with van der Waals surface area (Å²) in [6, 6.07) is 10.5. The summed E-state index contributed by atoms with van der Waals surface area (Å²) in [6.07, 6.45) is 2.85. The smallest absolute Gasteiger partial charge is 0.112 e. The molecule has 0 amide bonds. The van der Waals surface area contributed by atoms with Crippen molar-refractivity contribution in [2.75, 3.05) is 6.61 Å². The largest absolute Gasteiger partial charge is 0.388 e. The van der Waals surface area contributed by atoms with Crippen LogP contribution in [0.3, 0.4) is 0 Å². The molecule has 1 aromatic carbocycles. The van der Waals surface area contributed by atoms with E-state index < -0.39 is 11.0 Å². The van der Waals surface area contributed by atoms with Crippen LogP contribution in [0, 0.1) is 11.3 Å². The number of rotatable bonds is 3. The van der Waals surface area contributed by atoms with Crippen molar-refractivity contribution in [3.63, 3.8) is 0 Å². The number of hydrogen-bond acceptors (Lipinski definition) is 3. The van der Waals surface area contributed by atoms with Crippen molar-refractivity contribution in [3.8, 4) is 6.07 Å². The van der Waals surface area contributed by atoms with Crippen LogP contribution in [-0.4, -0.2) is 23.4 Å². The highest BCUT2D eigenvalue weighted by Crippen LogP contribution is 2.54. The van der Waals surface area contributed by atoms with Crippen LogP contribution >= 0.6 is 0 Å². The minimum Gasteiger partial charge on any atom is -0.388 e. The Morgan fingerprint density at radius 2 is 2.16 bits per heavy atom. The average Bonchev–Trinajstić information content (AvgIpc) is 2.77. The van der Waals surface area contributed by atoms with Crippen LogP contribution in [-0.2, 0) is 16.6 Å². The molecule has 0 radical (unpaired) electrons. The third-order valence-electron chi connectivity index (χ3n) is 4.76. The Bertz CT molecular complexity index is 528. The minimum atomic E-state index is -0.922. The Labute approximate surface area is 113 Å². The van der Waals surface area contributed by atoms with Crippen LogP contribution in [0.1, 0.15) is 37.3 Å². The van der Waals surface area contributed by atoms with E-state index in [1.165, 1.54) is 5.56 Å². The quantitative estimate of drug-likeness (QED) is 0.904. The van der Waals surface area contributed by atoms with Gasteiger partial charge in [-0.3, -0.25) is 0 Å². The molecule has 2 aliphatic rings. The number of benzene rings is 1. The number of aliphatic hydroxyl groups is 1. The van der Waals surface area contributed by atoms with Crippen molar-refractivity contribution in [1.29, 1.82) is 5.26 Å². The van der Waals surface area contributed by atoms with Gasteiger partial charge in [-0.2, -0.15) is 5.26 Å². The molecule has 3 nitrogen and oxygen atoms in total. The van der Waals surface area contributed by atoms with Gasteiger partial charge in [-0.15, -0.1) is 0 Å². The van der Waals surface area contributed by atoms with Gasteiger partial charge in [-0.05, 0) is 30.9 Å². The van der Waals surface area contributed by atoms with Crippen molar-refractivity contribution in [2.45, 2.75) is 49.7 Å². The monoisotopic (exact) mass is 257 g/mol. The van der Waals surface area contributed by atoms with E-state index >= 15 is 0 Å². The molecule has 1 atom stereocenters. The summed E-state index contributed by atoms with van der Waals surface area (Å²) in [4.78, 5) is 0. The Hall–Kier alpha value is -1.37. The first-order chi connectivity index (χ1) is 9.15. The summed E-state index contributed by atoms with van der Waals surface area (Å²) in [7, 11) is 0. The molecule has 0 heterocycles. The van der Waals surface area contributed by atoms with Gasteiger partial charge in [-0.1, -0.05) is 24.3 Å². The van der Waals surface area contributed by atoms with Crippen LogP contribution in [0.15, 0.2) is 24.3 Å². The van der Waals surface area contributed by atoms with Gasteiger partial charge in [0.05, 0.1) is 17.8 Å². The van der Waals surface area contributed by atoms with E-state index in [-0.39, 0.29) is 6.10 Å². The molecule has 0 aliphatic heterocycles. The number of fused-ring (bicyclic) bond motifs is 1. The lowest BCUT2D eigenvalue weighted by atomic mass is 9.58. The van der Waals surface area contributed by atoms with E-state index in [0.29, 0.717) is 19.4 Å². The number of nitrogens with zero attached hydrogens (tertiary/aromatic N) is 1. The van der Waals surface area contributed by atoms with Gasteiger partial charge in [0.2, 0.25) is 0 Å². The maximum atomic E-state index is 10.9. The number of aryl methyl sites for hydroxylation is 1. The van der Waals surface area contributed by atoms with E-state index in [9.17, 15) is 10.4 Å². The topological polar surface area (TPSA) is 53.2 Å². The van der Waals surface area contributed by atoms with E-state index in [2.05, 4.69) is 12.1 Å². The van der Waals surface area contributed by atoms with Crippen LogP contribution in [0.2, 0.25) is 0 Å². The fourth-order valence-electron chi connectivity index (χ4n) is 3.71. The molecule has 0 spiro atoms. The van der Waals surface area contributed by atoms with Gasteiger partial charge in [-0.25, -0.2) is 0 Å². The third-order valence-corrected chi connectivity index (χ3v) is 4.76. The molecule has 1 aromatic rings. The predicted octanol–water partition coefficient (Wildman–Crippen LogP) is 2.32. The van der Waals surface area contributed by atoms with Crippen molar-refractivity contribution >= 4 is 0 Å². The van der Waals surface area contributed by atoms with Gasteiger partial charge in [0.25, 0.3) is 0 Å². The molecular formula is C16H19NO2. The summed E-state index contributed by atoms with van der Waals surface area (Å²) in [6.45, 7) is 2.62. The van der Waals surface area contributed by atoms with Crippen LogP contribution < -0.4 is 0 Å². The van der Waals surface area contributed by atoms with Gasteiger partial charge in [0, 0.05) is 19.4 Å². The van der Waals surface area contributed by atoms with Gasteiger partial charge >= 0.3 is 0 Å². The lowest BCUT2D eigenvalue weighted by molar-refractivity contribution is -0.165. The molecule has 0 aromatic heterocycles. The first-order valence-electron chi connectivity index (χ1n) is 6.99. The van der Waals surface area contributed by atoms with Crippen molar-refractivity contribution in [3.05, 3.63) is 35.4 Å². The molecule has 1 unspecified atom stereocenters. The molecule has 2 aliphatic carbocycles. The maximum Gasteiger partial charge on any atom is 0.112 e. The molecule has 3 heteroatoms. The second-order valence-corrected chi connectivity index (χ2v) is 5.69. The molecule has 1 N–H and O–H groups in total. The highest BCUT2D eigenvalue weighted by Gasteiger charge is 2.61. The minimum absolute atomic E-state index is 0.105. The fourth-order valence-corrected chi connectivity index (χ4v) is 3.71. The summed E-state index contributed by atoms with van der Waals surface area (Å²) in [5.41, 5.74) is 0.568. The van der Waals surface area contributed by atoms with Gasteiger partial charge < -0.3 is 9.84 Å². The molecule has 100 valence electrons. The highest BCUT2D eigenvalue weighted by molar-refractivity contribution is 5.48. The van der Waals surface area contributed by atoms with Gasteiger partial charge in [0.15, 0.2) is 0 Å². The predicted molar refractivity (Wildman–Crippen MR) is 71.7 cm³/mol. The number of ether oxygens (including phenoxy) is 1. The molecule has 0 bridgehead atoms. The molecule has 3 rings (SSSR count). The zero-order chi connectivity index (χ0) is 13.5. The van der Waals surface area contributed by atoms with Crippen LogP contribution in [0.4, 0.5) is 0 Å². The SMILES string of the molecule is CCOC1CC(O)(C2(C#N)CCc3ccccc32)C1. The van der Waals surface area contributed by atoms with Crippen molar-refractivity contribution in [2.24, 2.45) is 0 Å². The van der Waals surface area contributed by atoms with Gasteiger partial charge in [0.1, 0.15) is 5.41 Å². The molecule has 1 fully saturated rings. The Balaban J connectivity index is 1.93. The number of nitriles is 1. The molecule has 0 saturated heterocycles. The summed E-state index contributed by atoms with van der Waals surface area (Å²) in [5.74, 6) is 0. The lowest BCUT2D eigenvalue weighted by Gasteiger charge is -2.51. The van der Waals surface area contributed by atoms with Crippen LogP contribution in [0.5, 0.6) is 0 Å². The molecule has 19 heavy (non-hydrogen) atoms. The first kappa shape index (κ1) is 12.7. The second kappa shape index (κ2) is 4.33. The second-order valence-electron chi connectivity index (χ2n) is 5.69. The Morgan fingerprint density at radius 3 is 2.84 bits per heavy atom. The Kier molecular flexibility index (Phi) is 2.88. The fraction of sp³-hybridized carbons (Fsp3) is 0.562. The van der Waals surface area contributed by atoms with E-state index in [1.54, 1.807) is 0 Å². The molecular weight excluding hydrogens is 238 g/mol. The van der Waals surface area contributed by atoms with E-state index in [4.69, 9.17) is 4.74 Å². The standard InChI is InChI=1S/C16H19NO2/c1-2-19-13-9-16(18,10-13)15(11-17)8-7-12-5-3-4-6-14(12)15/h3-6,13,18H,2,7-10H2,1H3. The number of hydrogen-bond donors (Lipinski definition) is 1. The Morgan fingerprint density at radius 1 is 1.42 bits per heavy atom. The van der Waals surface area contributed by atoms with E-state index in [0.717, 1.165) is 18.4 Å². The normalized spacial score (nSPS) is 36.4. The van der Waals surface area contributed by atoms with Crippen molar-refractivity contribution < 1.29 is 9.84 Å². The summed E-state index contributed by atoms with van der Waals surface area (Å²) in [5, 5.41) is 20.6. The average molecular weight is 257 g/mol. The van der Waals surface area contributed by atoms with E-state index in [1.807, 2.05) is 25.1 Å². The van der Waals surface area contributed by atoms with Crippen LogP contribution in [0.25, 0.3) is 0 Å². The zero-order valence-electron chi connectivity index (χ0n) is 11.2. The highest BCUT2D eigenvalue weighted by atomic mass is 16.5. The zero-order valence-corrected chi connectivity index (χ0v) is 11.2. The summed E-state index contributed by atoms with van der Waals surface area (Å²) < 4.78 is 5.54.